The van der Waals surface area contributed by atoms with Gasteiger partial charge in [0, 0.05) is 17.5 Å². The molecule has 2 aromatic carbocycles. The zero-order valence-corrected chi connectivity index (χ0v) is 12.4. The van der Waals surface area contributed by atoms with Gasteiger partial charge >= 0.3 is 0 Å². The predicted molar refractivity (Wildman–Crippen MR) is 79.4 cm³/mol. The highest BCUT2D eigenvalue weighted by Crippen LogP contribution is 2.35. The highest BCUT2D eigenvalue weighted by atomic mass is 19.1. The van der Waals surface area contributed by atoms with Gasteiger partial charge in [-0.2, -0.15) is 0 Å². The van der Waals surface area contributed by atoms with Crippen molar-refractivity contribution in [2.45, 2.75) is 32.8 Å². The van der Waals surface area contributed by atoms with Crippen LogP contribution in [-0.4, -0.2) is 11.4 Å². The Morgan fingerprint density at radius 2 is 1.81 bits per heavy atom. The van der Waals surface area contributed by atoms with E-state index in [0.717, 1.165) is 17.7 Å². The fourth-order valence-electron chi connectivity index (χ4n) is 2.70. The van der Waals surface area contributed by atoms with Crippen LogP contribution < -0.4 is 4.74 Å². The molecule has 0 aliphatic carbocycles. The van der Waals surface area contributed by atoms with Crippen molar-refractivity contribution in [2.75, 3.05) is 0 Å². The van der Waals surface area contributed by atoms with E-state index in [9.17, 15) is 9.18 Å². The van der Waals surface area contributed by atoms with Crippen molar-refractivity contribution in [3.63, 3.8) is 0 Å². The number of hydrogen-bond acceptors (Lipinski definition) is 2. The summed E-state index contributed by atoms with van der Waals surface area (Å²) in [6.45, 7) is 5.71. The number of rotatable bonds is 2. The molecule has 2 nitrogen and oxygen atoms in total. The standard InChI is InChI=1S/C18H17FO2/c1-11-8-12(4-6-15(11)19)17(20)13-5-7-16-14(9-13)10-18(2,3)21-16/h4-9H,10H2,1-3H3. The molecule has 0 saturated carbocycles. The van der Waals surface area contributed by atoms with Crippen molar-refractivity contribution >= 4 is 5.78 Å². The molecule has 3 heteroatoms. The third-order valence-corrected chi connectivity index (χ3v) is 3.75. The lowest BCUT2D eigenvalue weighted by molar-refractivity contribution is 0.103. The molecular formula is C18H17FO2. The summed E-state index contributed by atoms with van der Waals surface area (Å²) >= 11 is 0. The summed E-state index contributed by atoms with van der Waals surface area (Å²) in [6, 6.07) is 9.94. The fourth-order valence-corrected chi connectivity index (χ4v) is 2.70. The minimum atomic E-state index is -0.296. The van der Waals surface area contributed by atoms with Crippen molar-refractivity contribution in [3.05, 3.63) is 64.5 Å². The molecule has 1 aliphatic heterocycles. The second kappa shape index (κ2) is 4.69. The minimum Gasteiger partial charge on any atom is -0.487 e. The number of fused-ring (bicyclic) bond motifs is 1. The Kier molecular flexibility index (Phi) is 3.08. The molecule has 2 aromatic rings. The molecule has 0 atom stereocenters. The van der Waals surface area contributed by atoms with E-state index in [1.807, 2.05) is 26.0 Å². The zero-order chi connectivity index (χ0) is 15.2. The van der Waals surface area contributed by atoms with Gasteiger partial charge in [0.15, 0.2) is 5.78 Å². The number of hydrogen-bond donors (Lipinski definition) is 0. The molecular weight excluding hydrogens is 267 g/mol. The van der Waals surface area contributed by atoms with E-state index in [4.69, 9.17) is 4.74 Å². The van der Waals surface area contributed by atoms with Crippen LogP contribution in [0.15, 0.2) is 36.4 Å². The van der Waals surface area contributed by atoms with Gasteiger partial charge in [-0.25, -0.2) is 4.39 Å². The Morgan fingerprint density at radius 3 is 2.52 bits per heavy atom. The minimum absolute atomic E-state index is 0.0920. The molecule has 0 saturated heterocycles. The summed E-state index contributed by atoms with van der Waals surface area (Å²) in [4.78, 5) is 12.5. The summed E-state index contributed by atoms with van der Waals surface area (Å²) in [5.41, 5.74) is 2.42. The van der Waals surface area contributed by atoms with Gasteiger partial charge in [0.1, 0.15) is 17.2 Å². The first-order valence-electron chi connectivity index (χ1n) is 6.98. The number of ketones is 1. The van der Waals surface area contributed by atoms with E-state index in [-0.39, 0.29) is 17.2 Å². The van der Waals surface area contributed by atoms with Crippen LogP contribution in [0.1, 0.15) is 40.9 Å². The Hall–Kier alpha value is -2.16. The summed E-state index contributed by atoms with van der Waals surface area (Å²) in [5.74, 6) is 0.452. The maximum Gasteiger partial charge on any atom is 0.193 e. The second-order valence-electron chi connectivity index (χ2n) is 6.15. The number of benzene rings is 2. The number of carbonyl (C=O) groups is 1. The maximum absolute atomic E-state index is 13.3. The van der Waals surface area contributed by atoms with Gasteiger partial charge in [0.2, 0.25) is 0 Å². The normalized spacial score (nSPS) is 15.4. The van der Waals surface area contributed by atoms with E-state index < -0.39 is 0 Å². The van der Waals surface area contributed by atoms with Gasteiger partial charge in [-0.15, -0.1) is 0 Å². The highest BCUT2D eigenvalue weighted by molar-refractivity contribution is 6.09. The van der Waals surface area contributed by atoms with Crippen molar-refractivity contribution in [1.29, 1.82) is 0 Å². The molecule has 0 bridgehead atoms. The van der Waals surface area contributed by atoms with Crippen LogP contribution in [0.3, 0.4) is 0 Å². The van der Waals surface area contributed by atoms with Gasteiger partial charge < -0.3 is 4.74 Å². The van der Waals surface area contributed by atoms with Crippen molar-refractivity contribution in [2.24, 2.45) is 0 Å². The fraction of sp³-hybridized carbons (Fsp3) is 0.278. The molecule has 21 heavy (non-hydrogen) atoms. The third-order valence-electron chi connectivity index (χ3n) is 3.75. The third kappa shape index (κ3) is 2.56. The molecule has 0 amide bonds. The average Bonchev–Trinajstić information content (AvgIpc) is 2.73. The Labute approximate surface area is 123 Å². The predicted octanol–water partition coefficient (Wildman–Crippen LogP) is 4.08. The van der Waals surface area contributed by atoms with E-state index in [2.05, 4.69) is 0 Å². The maximum atomic E-state index is 13.3. The van der Waals surface area contributed by atoms with E-state index in [1.54, 1.807) is 19.1 Å². The van der Waals surface area contributed by atoms with Crippen LogP contribution in [0.4, 0.5) is 4.39 Å². The van der Waals surface area contributed by atoms with Crippen LogP contribution in [-0.2, 0) is 6.42 Å². The van der Waals surface area contributed by atoms with E-state index in [1.165, 1.54) is 12.1 Å². The Bertz CT molecular complexity index is 732. The molecule has 108 valence electrons. The Morgan fingerprint density at radius 1 is 1.14 bits per heavy atom. The topological polar surface area (TPSA) is 26.3 Å². The average molecular weight is 284 g/mol. The molecule has 3 rings (SSSR count). The molecule has 0 unspecified atom stereocenters. The summed E-state index contributed by atoms with van der Waals surface area (Å²) in [6.07, 6.45) is 0.784. The monoisotopic (exact) mass is 284 g/mol. The summed E-state index contributed by atoms with van der Waals surface area (Å²) in [5, 5.41) is 0. The molecule has 0 spiro atoms. The van der Waals surface area contributed by atoms with Crippen LogP contribution in [0.25, 0.3) is 0 Å². The largest absolute Gasteiger partial charge is 0.487 e. The second-order valence-corrected chi connectivity index (χ2v) is 6.15. The van der Waals surface area contributed by atoms with Crippen LogP contribution >= 0.6 is 0 Å². The van der Waals surface area contributed by atoms with Crippen molar-refractivity contribution < 1.29 is 13.9 Å². The molecule has 0 fully saturated rings. The van der Waals surface area contributed by atoms with Gasteiger partial charge in [0.25, 0.3) is 0 Å². The van der Waals surface area contributed by atoms with E-state index in [0.29, 0.717) is 16.7 Å². The first-order chi connectivity index (χ1) is 9.85. The Balaban J connectivity index is 1.95. The van der Waals surface area contributed by atoms with Crippen molar-refractivity contribution in [1.82, 2.24) is 0 Å². The molecule has 1 heterocycles. The highest BCUT2D eigenvalue weighted by Gasteiger charge is 2.30. The first kappa shape index (κ1) is 13.8. The molecule has 0 N–H and O–H groups in total. The van der Waals surface area contributed by atoms with Gasteiger partial charge in [-0.05, 0) is 68.3 Å². The SMILES string of the molecule is Cc1cc(C(=O)c2ccc3c(c2)CC(C)(C)O3)ccc1F. The molecule has 0 aromatic heterocycles. The molecule has 0 radical (unpaired) electrons. The van der Waals surface area contributed by atoms with Gasteiger partial charge in [0.05, 0.1) is 0 Å². The summed E-state index contributed by atoms with van der Waals surface area (Å²) < 4.78 is 19.1. The lowest BCUT2D eigenvalue weighted by Gasteiger charge is -2.16. The number of aryl methyl sites for hydroxylation is 1. The lowest BCUT2D eigenvalue weighted by atomic mass is 9.96. The van der Waals surface area contributed by atoms with Gasteiger partial charge in [-0.1, -0.05) is 0 Å². The van der Waals surface area contributed by atoms with Gasteiger partial charge in [-0.3, -0.25) is 4.79 Å². The number of ether oxygens (including phenoxy) is 1. The quantitative estimate of drug-likeness (QED) is 0.777. The van der Waals surface area contributed by atoms with Crippen LogP contribution in [0.5, 0.6) is 5.75 Å². The van der Waals surface area contributed by atoms with Crippen molar-refractivity contribution in [3.8, 4) is 5.75 Å². The number of carbonyl (C=O) groups excluding carboxylic acids is 1. The van der Waals surface area contributed by atoms with E-state index >= 15 is 0 Å². The van der Waals surface area contributed by atoms with Crippen LogP contribution in [0.2, 0.25) is 0 Å². The zero-order valence-electron chi connectivity index (χ0n) is 12.4. The number of halogens is 1. The summed E-state index contributed by atoms with van der Waals surface area (Å²) in [7, 11) is 0. The lowest BCUT2D eigenvalue weighted by Crippen LogP contribution is -2.24. The molecule has 1 aliphatic rings. The first-order valence-corrected chi connectivity index (χ1v) is 6.98. The smallest absolute Gasteiger partial charge is 0.193 e. The van der Waals surface area contributed by atoms with Crippen LogP contribution in [0, 0.1) is 12.7 Å².